The Kier molecular flexibility index (Phi) is 3.69. The summed E-state index contributed by atoms with van der Waals surface area (Å²) in [5.41, 5.74) is 1.38. The fraction of sp³-hybridized carbons (Fsp3) is 0.455. The van der Waals surface area contributed by atoms with E-state index in [-0.39, 0.29) is 4.75 Å². The molecular weight excluding hydrogens is 232 g/mol. The molecule has 0 aromatic heterocycles. The highest BCUT2D eigenvalue weighted by Gasteiger charge is 2.34. The SMILES string of the molecule is ClCC1(c2ccccc2)CCCSS1. The van der Waals surface area contributed by atoms with Crippen molar-refractivity contribution < 1.29 is 0 Å². The average Bonchev–Trinajstić information content (AvgIpc) is 2.31. The Hall–Kier alpha value is 0.210. The molecule has 1 heterocycles. The lowest BCUT2D eigenvalue weighted by atomic mass is 9.95. The topological polar surface area (TPSA) is 0 Å². The van der Waals surface area contributed by atoms with Crippen LogP contribution in [-0.2, 0) is 4.75 Å². The fourth-order valence-electron chi connectivity index (χ4n) is 1.71. The van der Waals surface area contributed by atoms with E-state index in [1.165, 1.54) is 24.2 Å². The first-order valence-electron chi connectivity index (χ1n) is 4.79. The molecule has 0 saturated carbocycles. The van der Waals surface area contributed by atoms with Gasteiger partial charge in [0.2, 0.25) is 0 Å². The number of hydrogen-bond acceptors (Lipinski definition) is 2. The highest BCUT2D eigenvalue weighted by atomic mass is 35.5. The summed E-state index contributed by atoms with van der Waals surface area (Å²) in [6.07, 6.45) is 2.48. The van der Waals surface area contributed by atoms with Crippen LogP contribution in [0.4, 0.5) is 0 Å². The summed E-state index contributed by atoms with van der Waals surface area (Å²) in [5.74, 6) is 1.98. The lowest BCUT2D eigenvalue weighted by Crippen LogP contribution is -2.25. The van der Waals surface area contributed by atoms with Gasteiger partial charge in [-0.3, -0.25) is 0 Å². The minimum Gasteiger partial charge on any atom is -0.125 e. The highest BCUT2D eigenvalue weighted by Crippen LogP contribution is 2.51. The Balaban J connectivity index is 2.27. The van der Waals surface area contributed by atoms with Crippen LogP contribution in [-0.4, -0.2) is 11.6 Å². The van der Waals surface area contributed by atoms with E-state index in [0.717, 1.165) is 0 Å². The van der Waals surface area contributed by atoms with Gasteiger partial charge in [-0.2, -0.15) is 0 Å². The van der Waals surface area contributed by atoms with Gasteiger partial charge in [-0.15, -0.1) is 11.6 Å². The summed E-state index contributed by atoms with van der Waals surface area (Å²) in [6, 6.07) is 10.7. The molecule has 76 valence electrons. The molecule has 1 aliphatic rings. The maximum absolute atomic E-state index is 6.14. The zero-order chi connectivity index (χ0) is 9.86. The first kappa shape index (κ1) is 10.7. The molecule has 0 bridgehead atoms. The van der Waals surface area contributed by atoms with Crippen molar-refractivity contribution in [2.75, 3.05) is 11.6 Å². The molecule has 1 aromatic rings. The van der Waals surface area contributed by atoms with E-state index in [1.54, 1.807) is 0 Å². The van der Waals surface area contributed by atoms with Crippen LogP contribution in [0.15, 0.2) is 30.3 Å². The van der Waals surface area contributed by atoms with Crippen molar-refractivity contribution in [1.29, 1.82) is 0 Å². The van der Waals surface area contributed by atoms with Crippen molar-refractivity contribution in [3.8, 4) is 0 Å². The zero-order valence-electron chi connectivity index (χ0n) is 7.91. The van der Waals surface area contributed by atoms with Crippen LogP contribution in [0, 0.1) is 0 Å². The summed E-state index contributed by atoms with van der Waals surface area (Å²) in [5, 5.41) is 0. The fourth-order valence-corrected chi connectivity index (χ4v) is 5.43. The average molecular weight is 245 g/mol. The standard InChI is InChI=1S/C11H13ClS2/c12-9-11(7-4-8-13-14-11)10-5-2-1-3-6-10/h1-3,5-6H,4,7-9H2. The van der Waals surface area contributed by atoms with Gasteiger partial charge in [-0.1, -0.05) is 51.9 Å². The van der Waals surface area contributed by atoms with Crippen LogP contribution in [0.5, 0.6) is 0 Å². The summed E-state index contributed by atoms with van der Waals surface area (Å²) < 4.78 is 0.158. The van der Waals surface area contributed by atoms with Gasteiger partial charge in [-0.25, -0.2) is 0 Å². The molecule has 0 radical (unpaired) electrons. The van der Waals surface area contributed by atoms with Gasteiger partial charge in [0.15, 0.2) is 0 Å². The molecule has 14 heavy (non-hydrogen) atoms. The smallest absolute Gasteiger partial charge is 0.0646 e. The number of halogens is 1. The van der Waals surface area contributed by atoms with E-state index in [2.05, 4.69) is 30.3 Å². The van der Waals surface area contributed by atoms with E-state index in [0.29, 0.717) is 5.88 Å². The monoisotopic (exact) mass is 244 g/mol. The zero-order valence-corrected chi connectivity index (χ0v) is 10.3. The highest BCUT2D eigenvalue weighted by molar-refractivity contribution is 8.77. The van der Waals surface area contributed by atoms with Gasteiger partial charge in [0.1, 0.15) is 0 Å². The van der Waals surface area contributed by atoms with Crippen LogP contribution in [0.2, 0.25) is 0 Å². The molecule has 0 aliphatic carbocycles. The van der Waals surface area contributed by atoms with E-state index in [1.807, 2.05) is 21.6 Å². The van der Waals surface area contributed by atoms with Crippen LogP contribution >= 0.6 is 33.2 Å². The normalized spacial score (nSPS) is 27.5. The second-order valence-electron chi connectivity index (χ2n) is 3.50. The third kappa shape index (κ3) is 2.07. The molecular formula is C11H13ClS2. The Bertz CT molecular complexity index is 281. The second-order valence-corrected chi connectivity index (χ2v) is 6.57. The van der Waals surface area contributed by atoms with E-state index in [9.17, 15) is 0 Å². The molecule has 3 heteroatoms. The Morgan fingerprint density at radius 3 is 2.64 bits per heavy atom. The molecule has 0 amide bonds. The first-order valence-corrected chi connectivity index (χ1v) is 7.65. The molecule has 1 fully saturated rings. The second kappa shape index (κ2) is 4.82. The van der Waals surface area contributed by atoms with Gasteiger partial charge < -0.3 is 0 Å². The van der Waals surface area contributed by atoms with Crippen LogP contribution in [0.25, 0.3) is 0 Å². The number of hydrogen-bond donors (Lipinski definition) is 0. The molecule has 2 rings (SSSR count). The summed E-state index contributed by atoms with van der Waals surface area (Å²) in [4.78, 5) is 0. The first-order chi connectivity index (χ1) is 6.87. The Labute approximate surface area is 98.2 Å². The Morgan fingerprint density at radius 1 is 1.29 bits per heavy atom. The largest absolute Gasteiger partial charge is 0.125 e. The Morgan fingerprint density at radius 2 is 2.07 bits per heavy atom. The van der Waals surface area contributed by atoms with Crippen molar-refractivity contribution >= 4 is 33.2 Å². The van der Waals surface area contributed by atoms with Gasteiger partial charge in [0, 0.05) is 11.6 Å². The van der Waals surface area contributed by atoms with Gasteiger partial charge in [0.05, 0.1) is 4.75 Å². The van der Waals surface area contributed by atoms with Crippen LogP contribution in [0.1, 0.15) is 18.4 Å². The molecule has 0 nitrogen and oxygen atoms in total. The van der Waals surface area contributed by atoms with Crippen molar-refractivity contribution in [2.24, 2.45) is 0 Å². The number of alkyl halides is 1. The molecule has 0 spiro atoms. The van der Waals surface area contributed by atoms with Crippen LogP contribution < -0.4 is 0 Å². The van der Waals surface area contributed by atoms with Gasteiger partial charge >= 0.3 is 0 Å². The van der Waals surface area contributed by atoms with Crippen molar-refractivity contribution in [2.45, 2.75) is 17.6 Å². The maximum atomic E-state index is 6.14. The van der Waals surface area contributed by atoms with E-state index < -0.39 is 0 Å². The third-order valence-corrected chi connectivity index (χ3v) is 6.44. The molecule has 1 saturated heterocycles. The lowest BCUT2D eigenvalue weighted by Gasteiger charge is -2.34. The molecule has 1 atom stereocenters. The predicted molar refractivity (Wildman–Crippen MR) is 68.1 cm³/mol. The van der Waals surface area contributed by atoms with Crippen molar-refractivity contribution in [1.82, 2.24) is 0 Å². The summed E-state index contributed by atoms with van der Waals surface area (Å²) in [6.45, 7) is 0. The third-order valence-electron chi connectivity index (χ3n) is 2.54. The lowest BCUT2D eigenvalue weighted by molar-refractivity contribution is 0.618. The quantitative estimate of drug-likeness (QED) is 0.562. The summed E-state index contributed by atoms with van der Waals surface area (Å²) in [7, 11) is 3.90. The van der Waals surface area contributed by atoms with Gasteiger partial charge in [0.25, 0.3) is 0 Å². The van der Waals surface area contributed by atoms with E-state index in [4.69, 9.17) is 11.6 Å². The minimum atomic E-state index is 0.158. The maximum Gasteiger partial charge on any atom is 0.0646 e. The molecule has 1 aromatic carbocycles. The van der Waals surface area contributed by atoms with Crippen LogP contribution in [0.3, 0.4) is 0 Å². The molecule has 0 N–H and O–H groups in total. The van der Waals surface area contributed by atoms with Crippen molar-refractivity contribution in [3.05, 3.63) is 35.9 Å². The number of rotatable bonds is 2. The van der Waals surface area contributed by atoms with Crippen molar-refractivity contribution in [3.63, 3.8) is 0 Å². The van der Waals surface area contributed by atoms with E-state index >= 15 is 0 Å². The minimum absolute atomic E-state index is 0.158. The molecule has 1 aliphatic heterocycles. The predicted octanol–water partition coefficient (Wildman–Crippen LogP) is 4.30. The number of benzene rings is 1. The summed E-state index contributed by atoms with van der Waals surface area (Å²) >= 11 is 6.14. The van der Waals surface area contributed by atoms with Gasteiger partial charge in [-0.05, 0) is 18.4 Å². The molecule has 1 unspecified atom stereocenters.